The molecule has 0 amide bonds. The summed E-state index contributed by atoms with van der Waals surface area (Å²) in [6, 6.07) is 5.52. The van der Waals surface area contributed by atoms with E-state index in [1.807, 2.05) is 39.8 Å². The smallest absolute Gasteiger partial charge is 0.468 e. The zero-order valence-electron chi connectivity index (χ0n) is 13.2. The quantitative estimate of drug-likeness (QED) is 0.482. The van der Waals surface area contributed by atoms with Crippen LogP contribution in [0.15, 0.2) is 18.2 Å². The van der Waals surface area contributed by atoms with Crippen molar-refractivity contribution in [2.45, 2.75) is 38.9 Å². The predicted molar refractivity (Wildman–Crippen MR) is 82.6 cm³/mol. The minimum absolute atomic E-state index is 0.139. The zero-order chi connectivity index (χ0) is 15.7. The van der Waals surface area contributed by atoms with E-state index in [0.717, 1.165) is 11.0 Å². The summed E-state index contributed by atoms with van der Waals surface area (Å²) in [5, 5.41) is 0. The topological polar surface area (TPSA) is 36.9 Å². The Morgan fingerprint density at radius 2 is 1.81 bits per heavy atom. The summed E-state index contributed by atoms with van der Waals surface area (Å²) in [6.45, 7) is 8.19. The van der Waals surface area contributed by atoms with Crippen LogP contribution < -0.4 is 10.2 Å². The van der Waals surface area contributed by atoms with Crippen LogP contribution in [-0.2, 0) is 14.0 Å². The van der Waals surface area contributed by atoms with Gasteiger partial charge < -0.3 is 18.8 Å². The Morgan fingerprint density at radius 3 is 2.33 bits per heavy atom. The van der Waals surface area contributed by atoms with Crippen molar-refractivity contribution in [3.05, 3.63) is 23.8 Å². The summed E-state index contributed by atoms with van der Waals surface area (Å²) >= 11 is 0. The molecule has 1 aromatic rings. The van der Waals surface area contributed by atoms with Gasteiger partial charge in [0.2, 0.25) is 0 Å². The molecule has 1 aliphatic heterocycles. The van der Waals surface area contributed by atoms with Gasteiger partial charge in [0.1, 0.15) is 5.75 Å². The molecular weight excluding hydrogens is 267 g/mol. The molecule has 1 saturated heterocycles. The average molecular weight is 288 g/mol. The van der Waals surface area contributed by atoms with Gasteiger partial charge in [0.05, 0.1) is 11.2 Å². The van der Waals surface area contributed by atoms with Gasteiger partial charge in [0.25, 0.3) is 0 Å². The van der Waals surface area contributed by atoms with Crippen molar-refractivity contribution in [3.63, 3.8) is 0 Å². The number of hydrogen-bond acceptors (Lipinski definition) is 4. The molecule has 0 spiro atoms. The molecule has 1 aliphatic rings. The van der Waals surface area contributed by atoms with Gasteiger partial charge in [-0.05, 0) is 39.8 Å². The Hall–Kier alpha value is -1.48. The van der Waals surface area contributed by atoms with Gasteiger partial charge in [-0.25, -0.2) is 0 Å². The van der Waals surface area contributed by atoms with Crippen LogP contribution in [0.2, 0.25) is 0 Å². The minimum atomic E-state index is -0.492. The normalized spacial score (nSPS) is 19.3. The lowest BCUT2D eigenvalue weighted by molar-refractivity contribution is 0.00578. The van der Waals surface area contributed by atoms with E-state index in [2.05, 4.69) is 5.92 Å². The summed E-state index contributed by atoms with van der Waals surface area (Å²) in [6.07, 6.45) is 5.44. The summed E-state index contributed by atoms with van der Waals surface area (Å²) in [5.74, 6) is 3.21. The number of benzene rings is 1. The summed E-state index contributed by atoms with van der Waals surface area (Å²) in [5.41, 5.74) is 0.744. The fourth-order valence-electron chi connectivity index (χ4n) is 2.04. The second-order valence-corrected chi connectivity index (χ2v) is 6.04. The number of ether oxygens (including phenoxy) is 2. The Kier molecular flexibility index (Phi) is 4.34. The highest BCUT2D eigenvalue weighted by atomic mass is 16.7. The first kappa shape index (κ1) is 15.9. The van der Waals surface area contributed by atoms with Crippen molar-refractivity contribution < 1.29 is 18.8 Å². The molecule has 1 heterocycles. The van der Waals surface area contributed by atoms with E-state index in [1.54, 1.807) is 13.2 Å². The van der Waals surface area contributed by atoms with Crippen LogP contribution in [0.5, 0.6) is 5.75 Å². The molecule has 0 N–H and O–H groups in total. The molecule has 0 radical (unpaired) electrons. The third-order valence-electron chi connectivity index (χ3n) is 4.02. The molecular formula is C16H21BO4. The van der Waals surface area contributed by atoms with Gasteiger partial charge in [-0.2, -0.15) is 0 Å². The highest BCUT2D eigenvalue weighted by molar-refractivity contribution is 6.63. The zero-order valence-corrected chi connectivity index (χ0v) is 13.2. The van der Waals surface area contributed by atoms with Gasteiger partial charge in [-0.15, -0.1) is 6.42 Å². The van der Waals surface area contributed by atoms with Crippen LogP contribution >= 0.6 is 0 Å². The van der Waals surface area contributed by atoms with Gasteiger partial charge in [0, 0.05) is 18.1 Å². The first-order valence-electron chi connectivity index (χ1n) is 6.88. The van der Waals surface area contributed by atoms with E-state index in [4.69, 9.17) is 25.2 Å². The molecule has 5 heteroatoms. The molecule has 1 aromatic carbocycles. The maximum absolute atomic E-state index is 6.05. The van der Waals surface area contributed by atoms with Crippen LogP contribution in [0.3, 0.4) is 0 Å². The van der Waals surface area contributed by atoms with Crippen molar-refractivity contribution in [2.24, 2.45) is 0 Å². The lowest BCUT2D eigenvalue weighted by atomic mass is 9.78. The summed E-state index contributed by atoms with van der Waals surface area (Å²) < 4.78 is 22.7. The molecule has 0 saturated carbocycles. The maximum atomic E-state index is 6.05. The number of terminal acetylenes is 1. The van der Waals surface area contributed by atoms with Crippen molar-refractivity contribution in [1.29, 1.82) is 0 Å². The Balaban J connectivity index is 2.34. The highest BCUT2D eigenvalue weighted by Gasteiger charge is 2.52. The second-order valence-electron chi connectivity index (χ2n) is 6.04. The Labute approximate surface area is 126 Å². The molecule has 21 heavy (non-hydrogen) atoms. The molecule has 0 atom stereocenters. The fourth-order valence-corrected chi connectivity index (χ4v) is 2.04. The van der Waals surface area contributed by atoms with E-state index in [0.29, 0.717) is 5.75 Å². The van der Waals surface area contributed by atoms with E-state index in [-0.39, 0.29) is 6.79 Å². The largest absolute Gasteiger partial charge is 0.498 e. The molecule has 0 aromatic heterocycles. The Bertz CT molecular complexity index is 544. The predicted octanol–water partition coefficient (Wildman–Crippen LogP) is 1.95. The first-order valence-corrected chi connectivity index (χ1v) is 6.88. The number of hydrogen-bond donors (Lipinski definition) is 0. The van der Waals surface area contributed by atoms with Gasteiger partial charge >= 0.3 is 7.12 Å². The molecule has 0 aliphatic carbocycles. The lowest BCUT2D eigenvalue weighted by Gasteiger charge is -2.32. The van der Waals surface area contributed by atoms with Crippen molar-refractivity contribution in [1.82, 2.24) is 0 Å². The monoisotopic (exact) mass is 288 g/mol. The third-order valence-corrected chi connectivity index (χ3v) is 4.02. The SMILES string of the molecule is C#Cc1ccc(B2OC(C)(C)C(C)(C)O2)c(OCOC)c1. The molecule has 0 bridgehead atoms. The molecule has 112 valence electrons. The average Bonchev–Trinajstić information content (AvgIpc) is 2.64. The number of methoxy groups -OCH3 is 1. The molecule has 2 rings (SSSR count). The van der Waals surface area contributed by atoms with E-state index < -0.39 is 18.3 Å². The van der Waals surface area contributed by atoms with Gasteiger partial charge in [0.15, 0.2) is 6.79 Å². The summed E-state index contributed by atoms with van der Waals surface area (Å²) in [4.78, 5) is 0. The van der Waals surface area contributed by atoms with Crippen LogP contribution in [0.25, 0.3) is 0 Å². The molecule has 0 unspecified atom stereocenters. The van der Waals surface area contributed by atoms with Gasteiger partial charge in [-0.3, -0.25) is 0 Å². The van der Waals surface area contributed by atoms with E-state index in [9.17, 15) is 0 Å². The fraction of sp³-hybridized carbons (Fsp3) is 0.500. The number of rotatable bonds is 4. The van der Waals surface area contributed by atoms with Crippen LogP contribution in [-0.4, -0.2) is 32.2 Å². The van der Waals surface area contributed by atoms with Crippen LogP contribution in [0.4, 0.5) is 0 Å². The van der Waals surface area contributed by atoms with Crippen molar-refractivity contribution in [3.8, 4) is 18.1 Å². The van der Waals surface area contributed by atoms with E-state index >= 15 is 0 Å². The Morgan fingerprint density at radius 1 is 1.19 bits per heavy atom. The standard InChI is InChI=1S/C16H21BO4/c1-7-12-8-9-13(14(10-12)19-11-18-6)17-20-15(2,3)16(4,5)21-17/h1,8-10H,11H2,2-6H3. The minimum Gasteiger partial charge on any atom is -0.468 e. The summed E-state index contributed by atoms with van der Waals surface area (Å²) in [7, 11) is 1.08. The lowest BCUT2D eigenvalue weighted by Crippen LogP contribution is -2.41. The third kappa shape index (κ3) is 3.08. The second kappa shape index (κ2) is 5.72. The van der Waals surface area contributed by atoms with Crippen molar-refractivity contribution >= 4 is 12.6 Å². The van der Waals surface area contributed by atoms with Crippen LogP contribution in [0, 0.1) is 12.3 Å². The molecule has 1 fully saturated rings. The van der Waals surface area contributed by atoms with E-state index in [1.165, 1.54) is 0 Å². The van der Waals surface area contributed by atoms with Crippen molar-refractivity contribution in [2.75, 3.05) is 13.9 Å². The van der Waals surface area contributed by atoms with Crippen LogP contribution in [0.1, 0.15) is 33.3 Å². The van der Waals surface area contributed by atoms with Gasteiger partial charge in [-0.1, -0.05) is 12.0 Å². The molecule has 4 nitrogen and oxygen atoms in total. The highest BCUT2D eigenvalue weighted by Crippen LogP contribution is 2.37. The maximum Gasteiger partial charge on any atom is 0.498 e. The first-order chi connectivity index (χ1) is 9.80.